The molecule has 0 heterocycles. The molecule has 4 heteroatoms. The van der Waals surface area contributed by atoms with Gasteiger partial charge in [-0.3, -0.25) is 0 Å². The molecular weight excluding hydrogens is 230 g/mol. The van der Waals surface area contributed by atoms with E-state index in [-0.39, 0.29) is 5.88 Å². The molecule has 0 saturated carbocycles. The van der Waals surface area contributed by atoms with E-state index in [4.69, 9.17) is 34.8 Å². The molecule has 0 aliphatic rings. The summed E-state index contributed by atoms with van der Waals surface area (Å²) in [4.78, 5) is 0. The minimum Gasteiger partial charge on any atom is -0.390 e. The molecule has 0 bridgehead atoms. The lowest BCUT2D eigenvalue weighted by Crippen LogP contribution is -2.15. The monoisotopic (exact) mass is 238 g/mol. The van der Waals surface area contributed by atoms with Gasteiger partial charge in [-0.1, -0.05) is 23.7 Å². The predicted molar refractivity (Wildman–Crippen MR) is 56.8 cm³/mol. The van der Waals surface area contributed by atoms with Crippen molar-refractivity contribution in [2.45, 2.75) is 11.5 Å². The van der Waals surface area contributed by atoms with Crippen LogP contribution in [0.4, 0.5) is 0 Å². The van der Waals surface area contributed by atoms with Gasteiger partial charge >= 0.3 is 0 Å². The zero-order chi connectivity index (χ0) is 9.84. The zero-order valence-electron chi connectivity index (χ0n) is 6.75. The van der Waals surface area contributed by atoms with Crippen LogP contribution in [0.15, 0.2) is 24.3 Å². The molecule has 1 N–H and O–H groups in total. The van der Waals surface area contributed by atoms with Crippen LogP contribution in [0, 0.1) is 0 Å². The van der Waals surface area contributed by atoms with Gasteiger partial charge in [0.15, 0.2) is 0 Å². The Morgan fingerprint density at radius 1 is 1.38 bits per heavy atom. The maximum Gasteiger partial charge on any atom is 0.0879 e. The van der Waals surface area contributed by atoms with Gasteiger partial charge < -0.3 is 5.11 Å². The van der Waals surface area contributed by atoms with E-state index in [2.05, 4.69) is 0 Å². The van der Waals surface area contributed by atoms with Crippen molar-refractivity contribution < 1.29 is 5.11 Å². The topological polar surface area (TPSA) is 20.2 Å². The fourth-order valence-electron chi connectivity index (χ4n) is 0.978. The van der Waals surface area contributed by atoms with Gasteiger partial charge in [0.1, 0.15) is 0 Å². The second-order valence-corrected chi connectivity index (χ2v) is 3.89. The van der Waals surface area contributed by atoms with Gasteiger partial charge in [-0.05, 0) is 17.7 Å². The smallest absolute Gasteiger partial charge is 0.0879 e. The first-order chi connectivity index (χ1) is 6.15. The van der Waals surface area contributed by atoms with Crippen LogP contribution in [-0.2, 0) is 0 Å². The molecule has 0 spiro atoms. The molecule has 0 aromatic heterocycles. The number of aliphatic hydroxyl groups is 1. The van der Waals surface area contributed by atoms with Crippen LogP contribution in [0.3, 0.4) is 0 Å². The summed E-state index contributed by atoms with van der Waals surface area (Å²) in [5, 5.41) is 9.46. The molecule has 72 valence electrons. The van der Waals surface area contributed by atoms with E-state index in [1.54, 1.807) is 24.3 Å². The highest BCUT2D eigenvalue weighted by Gasteiger charge is 2.17. The quantitative estimate of drug-likeness (QED) is 0.803. The van der Waals surface area contributed by atoms with E-state index in [1.165, 1.54) is 0 Å². The van der Waals surface area contributed by atoms with Crippen molar-refractivity contribution in [2.75, 3.05) is 5.88 Å². The van der Waals surface area contributed by atoms with Gasteiger partial charge in [0, 0.05) is 5.02 Å². The third-order valence-corrected chi connectivity index (χ3v) is 2.76. The standard InChI is InChI=1S/C9H9Cl3O/c10-5-8(13)9(12)6-2-1-3-7(11)4-6/h1-4,8-9,13H,5H2. The summed E-state index contributed by atoms with van der Waals surface area (Å²) in [5.41, 5.74) is 0.780. The lowest BCUT2D eigenvalue weighted by molar-refractivity contribution is 0.193. The first kappa shape index (κ1) is 11.1. The van der Waals surface area contributed by atoms with Gasteiger partial charge in [-0.2, -0.15) is 0 Å². The van der Waals surface area contributed by atoms with E-state index in [0.717, 1.165) is 5.56 Å². The normalized spacial score (nSPS) is 15.4. The van der Waals surface area contributed by atoms with Crippen LogP contribution in [0.25, 0.3) is 0 Å². The zero-order valence-corrected chi connectivity index (χ0v) is 9.02. The van der Waals surface area contributed by atoms with Gasteiger partial charge in [0.2, 0.25) is 0 Å². The number of aliphatic hydroxyl groups excluding tert-OH is 1. The van der Waals surface area contributed by atoms with Crippen LogP contribution in [-0.4, -0.2) is 17.1 Å². The molecule has 0 amide bonds. The number of alkyl halides is 2. The highest BCUT2D eigenvalue weighted by Crippen LogP contribution is 2.26. The molecule has 2 unspecified atom stereocenters. The Labute approximate surface area is 92.2 Å². The highest BCUT2D eigenvalue weighted by atomic mass is 35.5. The number of rotatable bonds is 3. The van der Waals surface area contributed by atoms with Crippen molar-refractivity contribution in [1.29, 1.82) is 0 Å². The minimum atomic E-state index is -0.748. The summed E-state index contributed by atoms with van der Waals surface area (Å²) in [7, 11) is 0. The molecule has 0 aliphatic heterocycles. The maximum atomic E-state index is 9.36. The molecule has 1 nitrogen and oxygen atoms in total. The average molecular weight is 240 g/mol. The highest BCUT2D eigenvalue weighted by molar-refractivity contribution is 6.30. The van der Waals surface area contributed by atoms with Crippen molar-refractivity contribution in [3.05, 3.63) is 34.9 Å². The second kappa shape index (κ2) is 5.06. The van der Waals surface area contributed by atoms with Crippen molar-refractivity contribution in [3.8, 4) is 0 Å². The summed E-state index contributed by atoms with van der Waals surface area (Å²) in [6.07, 6.45) is -0.748. The third-order valence-electron chi connectivity index (χ3n) is 1.66. The van der Waals surface area contributed by atoms with Crippen molar-refractivity contribution in [1.82, 2.24) is 0 Å². The molecular formula is C9H9Cl3O. The maximum absolute atomic E-state index is 9.36. The summed E-state index contributed by atoms with van der Waals surface area (Å²) in [5.74, 6) is 0.112. The average Bonchev–Trinajstić information content (AvgIpc) is 2.15. The van der Waals surface area contributed by atoms with Gasteiger partial charge in [-0.25, -0.2) is 0 Å². The first-order valence-corrected chi connectivity index (χ1v) is 5.13. The summed E-state index contributed by atoms with van der Waals surface area (Å²) >= 11 is 17.2. The lowest BCUT2D eigenvalue weighted by atomic mass is 10.1. The second-order valence-electron chi connectivity index (χ2n) is 2.68. The Kier molecular flexibility index (Phi) is 4.33. The molecule has 1 aromatic carbocycles. The van der Waals surface area contributed by atoms with Crippen molar-refractivity contribution >= 4 is 34.8 Å². The summed E-state index contributed by atoms with van der Waals surface area (Å²) in [6.45, 7) is 0. The molecule has 13 heavy (non-hydrogen) atoms. The van der Waals surface area contributed by atoms with Crippen LogP contribution in [0.1, 0.15) is 10.9 Å². The number of hydrogen-bond acceptors (Lipinski definition) is 1. The predicted octanol–water partition coefficient (Wildman–Crippen LogP) is 3.22. The van der Waals surface area contributed by atoms with Gasteiger partial charge in [-0.15, -0.1) is 23.2 Å². The van der Waals surface area contributed by atoms with E-state index in [9.17, 15) is 5.11 Å². The van der Waals surface area contributed by atoms with Crippen LogP contribution >= 0.6 is 34.8 Å². The Hall–Kier alpha value is 0.0500. The SMILES string of the molecule is OC(CCl)C(Cl)c1cccc(Cl)c1. The van der Waals surface area contributed by atoms with Gasteiger partial charge in [0.25, 0.3) is 0 Å². The largest absolute Gasteiger partial charge is 0.390 e. The van der Waals surface area contributed by atoms with E-state index < -0.39 is 11.5 Å². The summed E-state index contributed by atoms with van der Waals surface area (Å²) < 4.78 is 0. The first-order valence-electron chi connectivity index (χ1n) is 3.78. The molecule has 0 radical (unpaired) electrons. The molecule has 2 atom stereocenters. The molecule has 1 aromatic rings. The molecule has 0 saturated heterocycles. The third kappa shape index (κ3) is 3.03. The van der Waals surface area contributed by atoms with E-state index in [1.807, 2.05) is 0 Å². The molecule has 0 fully saturated rings. The fraction of sp³-hybridized carbons (Fsp3) is 0.333. The van der Waals surface area contributed by atoms with Crippen LogP contribution < -0.4 is 0 Å². The fourth-order valence-corrected chi connectivity index (χ4v) is 1.67. The Morgan fingerprint density at radius 3 is 2.62 bits per heavy atom. The van der Waals surface area contributed by atoms with Crippen molar-refractivity contribution in [3.63, 3.8) is 0 Å². The Bertz CT molecular complexity index is 277. The lowest BCUT2D eigenvalue weighted by Gasteiger charge is -2.14. The van der Waals surface area contributed by atoms with E-state index in [0.29, 0.717) is 5.02 Å². The number of benzene rings is 1. The van der Waals surface area contributed by atoms with Crippen molar-refractivity contribution in [2.24, 2.45) is 0 Å². The minimum absolute atomic E-state index is 0.112. The van der Waals surface area contributed by atoms with Crippen LogP contribution in [0.5, 0.6) is 0 Å². The summed E-state index contributed by atoms with van der Waals surface area (Å²) in [6, 6.07) is 7.06. The number of halogens is 3. The molecule has 0 aliphatic carbocycles. The van der Waals surface area contributed by atoms with E-state index >= 15 is 0 Å². The number of hydrogen-bond donors (Lipinski definition) is 1. The Morgan fingerprint density at radius 2 is 2.08 bits per heavy atom. The Balaban J connectivity index is 2.82. The van der Waals surface area contributed by atoms with Crippen LogP contribution in [0.2, 0.25) is 5.02 Å². The molecule has 1 rings (SSSR count). The van der Waals surface area contributed by atoms with Gasteiger partial charge in [0.05, 0.1) is 17.4 Å².